The van der Waals surface area contributed by atoms with Crippen LogP contribution < -0.4 is 5.32 Å². The number of anilines is 1. The molecule has 3 heteroatoms. The third-order valence-electron chi connectivity index (χ3n) is 12.3. The first-order chi connectivity index (χ1) is 28.6. The number of aromatic nitrogens is 1. The second kappa shape index (κ2) is 14.8. The zero-order valence-corrected chi connectivity index (χ0v) is 32.9. The summed E-state index contributed by atoms with van der Waals surface area (Å²) in [4.78, 5) is 5.50. The molecule has 0 amide bonds. The molecule has 1 aliphatic carbocycles. The van der Waals surface area contributed by atoms with Gasteiger partial charge in [-0.2, -0.15) is 0 Å². The second-order valence-electron chi connectivity index (χ2n) is 15.6. The summed E-state index contributed by atoms with van der Waals surface area (Å²) < 4.78 is 2.44. The van der Waals surface area contributed by atoms with Gasteiger partial charge in [0, 0.05) is 27.7 Å². The fraction of sp³-hybridized carbons (Fsp3) is 0.109. The van der Waals surface area contributed by atoms with Crippen molar-refractivity contribution in [2.45, 2.75) is 31.7 Å². The number of nitrogens with zero attached hydrogens (tertiary/aromatic N) is 2. The van der Waals surface area contributed by atoms with Gasteiger partial charge in [-0.3, -0.25) is 4.99 Å². The van der Waals surface area contributed by atoms with E-state index >= 15 is 0 Å². The van der Waals surface area contributed by atoms with Gasteiger partial charge in [-0.15, -0.1) is 0 Å². The Morgan fingerprint density at radius 2 is 1.17 bits per heavy atom. The fourth-order valence-corrected chi connectivity index (χ4v) is 9.36. The van der Waals surface area contributed by atoms with Crippen molar-refractivity contribution >= 4 is 33.3 Å². The minimum absolute atomic E-state index is 0.0123. The van der Waals surface area contributed by atoms with Gasteiger partial charge in [0.25, 0.3) is 0 Å². The summed E-state index contributed by atoms with van der Waals surface area (Å²) in [5.74, 6) is 1.22. The minimum Gasteiger partial charge on any atom is -0.340 e. The number of rotatable bonds is 9. The van der Waals surface area contributed by atoms with Crippen LogP contribution in [0.5, 0.6) is 0 Å². The highest BCUT2D eigenvalue weighted by Gasteiger charge is 2.46. The third kappa shape index (κ3) is 5.85. The van der Waals surface area contributed by atoms with Crippen molar-refractivity contribution in [2.24, 2.45) is 10.9 Å². The topological polar surface area (TPSA) is 29.3 Å². The molecule has 0 bridgehead atoms. The van der Waals surface area contributed by atoms with E-state index in [0.717, 1.165) is 29.2 Å². The molecule has 1 aliphatic rings. The Labute approximate surface area is 341 Å². The molecule has 0 radical (unpaired) electrons. The number of hydrogen-bond acceptors (Lipinski definition) is 1. The number of aliphatic imine (C=N–C) groups is 1. The molecule has 2 atom stereocenters. The van der Waals surface area contributed by atoms with Gasteiger partial charge < -0.3 is 9.88 Å². The third-order valence-corrected chi connectivity index (χ3v) is 12.3. The van der Waals surface area contributed by atoms with Crippen LogP contribution in [0.3, 0.4) is 0 Å². The van der Waals surface area contributed by atoms with Gasteiger partial charge in [0.1, 0.15) is 5.84 Å². The lowest BCUT2D eigenvalue weighted by atomic mass is 9.67. The number of amidine groups is 1. The standard InChI is InChI=1S/C55H45N3/c1-3-38(2)53(39-21-8-4-9-22-39)57-54(40-23-10-5-11-24-40)56-43-29-20-30-44(35-43)58-51-34-19-17-32-46(51)48-36-50-47(37-52(48)58)45-31-16-18-33-49(45)55(50,41-25-12-6-13-26-41)42-27-14-7-15-28-42/h4-38,53H,3H2,1-2H3,(H,56,57). The largest absolute Gasteiger partial charge is 0.340 e. The number of benzene rings is 8. The van der Waals surface area contributed by atoms with Crippen LogP contribution >= 0.6 is 0 Å². The first kappa shape index (κ1) is 35.4. The Kier molecular flexibility index (Phi) is 9.07. The predicted molar refractivity (Wildman–Crippen MR) is 243 cm³/mol. The van der Waals surface area contributed by atoms with Crippen LogP contribution in [0.2, 0.25) is 0 Å². The molecule has 0 saturated heterocycles. The van der Waals surface area contributed by atoms with Gasteiger partial charge in [-0.25, -0.2) is 0 Å². The molecule has 2 unspecified atom stereocenters. The average molecular weight is 748 g/mol. The van der Waals surface area contributed by atoms with Crippen molar-refractivity contribution in [3.8, 4) is 16.8 Å². The quantitative estimate of drug-likeness (QED) is 0.116. The van der Waals surface area contributed by atoms with E-state index in [-0.39, 0.29) is 6.04 Å². The molecule has 1 N–H and O–H groups in total. The lowest BCUT2D eigenvalue weighted by molar-refractivity contribution is 0.459. The smallest absolute Gasteiger partial charge is 0.133 e. The van der Waals surface area contributed by atoms with Gasteiger partial charge >= 0.3 is 0 Å². The number of hydrogen-bond donors (Lipinski definition) is 1. The summed E-state index contributed by atoms with van der Waals surface area (Å²) in [5.41, 5.74) is 14.0. The SMILES string of the molecule is CCC(C)C(N=C(Nc1cccc(-n2c3ccccc3c3cc4c(cc32)-c2ccccc2C4(c2ccccc2)c2ccccc2)c1)c1ccccc1)c1ccccc1. The van der Waals surface area contributed by atoms with Crippen molar-refractivity contribution in [3.05, 3.63) is 240 Å². The summed E-state index contributed by atoms with van der Waals surface area (Å²) in [6, 6.07) is 74.9. The van der Waals surface area contributed by atoms with Crippen molar-refractivity contribution in [1.82, 2.24) is 4.57 Å². The molecule has 8 aromatic carbocycles. The molecule has 1 aromatic heterocycles. The number of nitrogens with one attached hydrogen (secondary N) is 1. The molecular formula is C55H45N3. The highest BCUT2D eigenvalue weighted by molar-refractivity contribution is 6.12. The van der Waals surface area contributed by atoms with Crippen LogP contribution in [0.1, 0.15) is 59.7 Å². The summed E-state index contributed by atoms with van der Waals surface area (Å²) in [6.07, 6.45) is 1.03. The second-order valence-corrected chi connectivity index (χ2v) is 15.6. The van der Waals surface area contributed by atoms with Crippen LogP contribution in [0.25, 0.3) is 38.6 Å². The summed E-state index contributed by atoms with van der Waals surface area (Å²) in [7, 11) is 0. The summed E-state index contributed by atoms with van der Waals surface area (Å²) in [5, 5.41) is 6.28. The van der Waals surface area contributed by atoms with E-state index in [1.165, 1.54) is 60.8 Å². The molecule has 9 aromatic rings. The van der Waals surface area contributed by atoms with E-state index in [9.17, 15) is 0 Å². The van der Waals surface area contributed by atoms with E-state index < -0.39 is 5.41 Å². The van der Waals surface area contributed by atoms with E-state index in [0.29, 0.717) is 5.92 Å². The van der Waals surface area contributed by atoms with Gasteiger partial charge in [0.2, 0.25) is 0 Å². The highest BCUT2D eigenvalue weighted by atomic mass is 15.0. The zero-order valence-electron chi connectivity index (χ0n) is 32.9. The predicted octanol–water partition coefficient (Wildman–Crippen LogP) is 13.8. The maximum atomic E-state index is 5.50. The highest BCUT2D eigenvalue weighted by Crippen LogP contribution is 2.57. The lowest BCUT2D eigenvalue weighted by Gasteiger charge is -2.33. The molecule has 58 heavy (non-hydrogen) atoms. The number of para-hydroxylation sites is 1. The van der Waals surface area contributed by atoms with Crippen LogP contribution in [0.4, 0.5) is 5.69 Å². The monoisotopic (exact) mass is 747 g/mol. The van der Waals surface area contributed by atoms with Crippen LogP contribution in [-0.2, 0) is 5.41 Å². The average Bonchev–Trinajstić information content (AvgIpc) is 3.78. The Morgan fingerprint density at radius 3 is 1.88 bits per heavy atom. The molecule has 0 saturated carbocycles. The van der Waals surface area contributed by atoms with Crippen molar-refractivity contribution in [2.75, 3.05) is 5.32 Å². The first-order valence-electron chi connectivity index (χ1n) is 20.5. The first-order valence-corrected chi connectivity index (χ1v) is 20.5. The van der Waals surface area contributed by atoms with Gasteiger partial charge in [0.05, 0.1) is 22.5 Å². The molecule has 1 heterocycles. The summed E-state index contributed by atoms with van der Waals surface area (Å²) in [6.45, 7) is 4.55. The van der Waals surface area contributed by atoms with E-state index in [1.807, 2.05) is 0 Å². The van der Waals surface area contributed by atoms with E-state index in [1.54, 1.807) is 0 Å². The van der Waals surface area contributed by atoms with Gasteiger partial charge in [-0.1, -0.05) is 190 Å². The molecule has 280 valence electrons. The summed E-state index contributed by atoms with van der Waals surface area (Å²) >= 11 is 0. The van der Waals surface area contributed by atoms with Gasteiger partial charge in [0.15, 0.2) is 0 Å². The van der Waals surface area contributed by atoms with Gasteiger partial charge in [-0.05, 0) is 81.3 Å². The molecule has 10 rings (SSSR count). The Morgan fingerprint density at radius 1 is 0.552 bits per heavy atom. The molecule has 0 spiro atoms. The maximum absolute atomic E-state index is 5.50. The van der Waals surface area contributed by atoms with Crippen molar-refractivity contribution in [1.29, 1.82) is 0 Å². The Hall–Kier alpha value is -6.97. The van der Waals surface area contributed by atoms with Crippen LogP contribution in [0.15, 0.2) is 211 Å². The van der Waals surface area contributed by atoms with E-state index in [2.05, 4.69) is 230 Å². The maximum Gasteiger partial charge on any atom is 0.133 e. The molecular weight excluding hydrogens is 703 g/mol. The fourth-order valence-electron chi connectivity index (χ4n) is 9.36. The lowest BCUT2D eigenvalue weighted by Crippen LogP contribution is -2.28. The van der Waals surface area contributed by atoms with Crippen molar-refractivity contribution < 1.29 is 0 Å². The number of fused-ring (bicyclic) bond motifs is 6. The zero-order chi connectivity index (χ0) is 39.1. The normalized spacial score (nSPS) is 14.2. The van der Waals surface area contributed by atoms with Crippen LogP contribution in [-0.4, -0.2) is 10.4 Å². The Bertz CT molecular complexity index is 2870. The molecule has 3 nitrogen and oxygen atoms in total. The molecule has 0 aliphatic heterocycles. The Balaban J connectivity index is 1.16. The molecule has 0 fully saturated rings. The van der Waals surface area contributed by atoms with Crippen molar-refractivity contribution in [3.63, 3.8) is 0 Å². The minimum atomic E-state index is -0.463. The van der Waals surface area contributed by atoms with Crippen LogP contribution in [0, 0.1) is 5.92 Å². The van der Waals surface area contributed by atoms with E-state index in [4.69, 9.17) is 4.99 Å².